The van der Waals surface area contributed by atoms with Crippen LogP contribution in [-0.2, 0) is 19.4 Å². The third kappa shape index (κ3) is 19.3. The topological polar surface area (TPSA) is 127 Å². The van der Waals surface area contributed by atoms with E-state index in [0.717, 1.165) is 12.8 Å². The van der Waals surface area contributed by atoms with E-state index >= 15 is 0 Å². The van der Waals surface area contributed by atoms with E-state index in [-0.39, 0.29) is 5.57 Å². The van der Waals surface area contributed by atoms with Crippen molar-refractivity contribution in [3.8, 4) is 0 Å². The zero-order valence-electron chi connectivity index (χ0n) is 22.4. The minimum Gasteiger partial charge on any atom is -0.481 e. The van der Waals surface area contributed by atoms with Gasteiger partial charge in [0.15, 0.2) is 0 Å². The second-order valence-electron chi connectivity index (χ2n) is 8.53. The van der Waals surface area contributed by atoms with E-state index in [1.807, 2.05) is 0 Å². The molecule has 0 saturated carbocycles. The molecule has 208 valence electrons. The van der Waals surface area contributed by atoms with Gasteiger partial charge < -0.3 is 10.2 Å². The molecule has 2 aromatic carbocycles. The van der Waals surface area contributed by atoms with Gasteiger partial charge in [-0.25, -0.2) is 24.2 Å². The summed E-state index contributed by atoms with van der Waals surface area (Å²) in [4.78, 5) is 51.7. The van der Waals surface area contributed by atoms with E-state index in [2.05, 4.69) is 23.3 Å². The van der Waals surface area contributed by atoms with Crippen LogP contribution in [0.5, 0.6) is 0 Å². The van der Waals surface area contributed by atoms with Gasteiger partial charge in [-0.3, -0.25) is 4.79 Å². The highest BCUT2D eigenvalue weighted by molar-refractivity contribution is 5.92. The Kier molecular flexibility index (Phi) is 20.0. The summed E-state index contributed by atoms with van der Waals surface area (Å²) in [6.07, 6.45) is 11.5. The highest BCUT2D eigenvalue weighted by Crippen LogP contribution is 2.10. The monoisotopic (exact) mass is 528 g/mol. The maximum atomic E-state index is 11.5. The van der Waals surface area contributed by atoms with E-state index < -0.39 is 23.9 Å². The maximum Gasteiger partial charge on any atom is 0.386 e. The Balaban J connectivity index is 0.000000610. The third-order valence-electron chi connectivity index (χ3n) is 5.07. The van der Waals surface area contributed by atoms with Crippen molar-refractivity contribution in [2.45, 2.75) is 78.1 Å². The number of hydrogen-bond donors (Lipinski definition) is 2. The summed E-state index contributed by atoms with van der Waals surface area (Å²) >= 11 is 0. The Bertz CT molecular complexity index is 891. The van der Waals surface area contributed by atoms with E-state index in [9.17, 15) is 19.2 Å². The molecule has 0 aliphatic carbocycles. The first-order valence-electron chi connectivity index (χ1n) is 12.8. The smallest absolute Gasteiger partial charge is 0.386 e. The fraction of sp³-hybridized carbons (Fsp3) is 0.400. The molecule has 2 aromatic rings. The van der Waals surface area contributed by atoms with Crippen molar-refractivity contribution >= 4 is 23.9 Å². The molecule has 2 rings (SSSR count). The van der Waals surface area contributed by atoms with Gasteiger partial charge in [0.2, 0.25) is 0 Å². The van der Waals surface area contributed by atoms with Gasteiger partial charge in [-0.15, -0.1) is 0 Å². The standard InChI is InChI=1S/C14H10O4.C12H24O2.C4H6O2/c15-13(11-7-3-1-4-8-11)17-18-14(16)12-9-5-2-6-10-12;1-2-3-4-5-6-7-8-9-10-11-12(13)14;1-3(2)4(5)6/h1-10H;2-11H2,1H3,(H,13,14);1H2,2H3,(H,5,6). The van der Waals surface area contributed by atoms with Crippen LogP contribution in [0.3, 0.4) is 0 Å². The Morgan fingerprint density at radius 3 is 1.32 bits per heavy atom. The first-order chi connectivity index (χ1) is 18.2. The van der Waals surface area contributed by atoms with Crippen molar-refractivity contribution in [2.24, 2.45) is 0 Å². The Labute approximate surface area is 225 Å². The summed E-state index contributed by atoms with van der Waals surface area (Å²) < 4.78 is 0. The fourth-order valence-corrected chi connectivity index (χ4v) is 2.91. The summed E-state index contributed by atoms with van der Waals surface area (Å²) in [5.74, 6) is -3.01. The molecule has 0 aliphatic rings. The lowest BCUT2D eigenvalue weighted by Gasteiger charge is -2.02. The summed E-state index contributed by atoms with van der Waals surface area (Å²) in [6, 6.07) is 16.6. The largest absolute Gasteiger partial charge is 0.481 e. The summed E-state index contributed by atoms with van der Waals surface area (Å²) in [5, 5.41) is 16.3. The molecule has 2 N–H and O–H groups in total. The zero-order chi connectivity index (χ0) is 28.6. The third-order valence-corrected chi connectivity index (χ3v) is 5.07. The highest BCUT2D eigenvalue weighted by atomic mass is 17.2. The van der Waals surface area contributed by atoms with Crippen LogP contribution in [0.15, 0.2) is 72.8 Å². The maximum absolute atomic E-state index is 11.5. The first-order valence-corrected chi connectivity index (χ1v) is 12.8. The first kappa shape index (κ1) is 34.1. The van der Waals surface area contributed by atoms with Crippen molar-refractivity contribution < 1.29 is 39.2 Å². The average Bonchev–Trinajstić information content (AvgIpc) is 2.92. The van der Waals surface area contributed by atoms with Gasteiger partial charge in [0.25, 0.3) is 0 Å². The average molecular weight is 529 g/mol. The van der Waals surface area contributed by atoms with Crippen molar-refractivity contribution in [1.29, 1.82) is 0 Å². The van der Waals surface area contributed by atoms with Gasteiger partial charge in [0.1, 0.15) is 0 Å². The van der Waals surface area contributed by atoms with Crippen molar-refractivity contribution in [3.63, 3.8) is 0 Å². The lowest BCUT2D eigenvalue weighted by atomic mass is 10.1. The molecule has 0 amide bonds. The molecular formula is C30H40O8. The number of carboxylic acid groups (broad SMARTS) is 2. The number of carboxylic acids is 2. The summed E-state index contributed by atoms with van der Waals surface area (Å²) in [5.41, 5.74) is 0.812. The second kappa shape index (κ2) is 22.3. The van der Waals surface area contributed by atoms with Gasteiger partial charge in [-0.1, -0.05) is 101 Å². The predicted octanol–water partition coefficient (Wildman–Crippen LogP) is 7.25. The minimum absolute atomic E-state index is 0.176. The van der Waals surface area contributed by atoms with E-state index in [0.29, 0.717) is 17.5 Å². The number of aliphatic carboxylic acids is 2. The van der Waals surface area contributed by atoms with Gasteiger partial charge >= 0.3 is 23.9 Å². The van der Waals surface area contributed by atoms with Crippen LogP contribution in [0, 0.1) is 0 Å². The van der Waals surface area contributed by atoms with Crippen molar-refractivity contribution in [2.75, 3.05) is 0 Å². The Morgan fingerprint density at radius 1 is 0.658 bits per heavy atom. The summed E-state index contributed by atoms with van der Waals surface area (Å²) in [6.45, 7) is 6.83. The molecule has 38 heavy (non-hydrogen) atoms. The van der Waals surface area contributed by atoms with E-state index in [1.165, 1.54) is 51.9 Å². The van der Waals surface area contributed by atoms with Crippen LogP contribution >= 0.6 is 0 Å². The van der Waals surface area contributed by atoms with Crippen molar-refractivity contribution in [1.82, 2.24) is 0 Å². The van der Waals surface area contributed by atoms with Crippen LogP contribution in [0.1, 0.15) is 98.8 Å². The van der Waals surface area contributed by atoms with Gasteiger partial charge in [0.05, 0.1) is 11.1 Å². The molecule has 8 heteroatoms. The van der Waals surface area contributed by atoms with Crippen molar-refractivity contribution in [3.05, 3.63) is 83.9 Å². The molecule has 8 nitrogen and oxygen atoms in total. The van der Waals surface area contributed by atoms with E-state index in [1.54, 1.807) is 60.7 Å². The number of unbranched alkanes of at least 4 members (excludes halogenated alkanes) is 8. The molecule has 0 aliphatic heterocycles. The Morgan fingerprint density at radius 2 is 1.00 bits per heavy atom. The van der Waals surface area contributed by atoms with Crippen LogP contribution in [0.25, 0.3) is 0 Å². The number of hydrogen-bond acceptors (Lipinski definition) is 6. The molecule has 0 atom stereocenters. The van der Waals surface area contributed by atoms with Crippen LogP contribution in [-0.4, -0.2) is 34.1 Å². The van der Waals surface area contributed by atoms with Crippen LogP contribution in [0.4, 0.5) is 0 Å². The zero-order valence-corrected chi connectivity index (χ0v) is 22.4. The highest BCUT2D eigenvalue weighted by Gasteiger charge is 2.13. The van der Waals surface area contributed by atoms with Gasteiger partial charge in [-0.05, 0) is 37.6 Å². The lowest BCUT2D eigenvalue weighted by Crippen LogP contribution is -2.11. The van der Waals surface area contributed by atoms with Gasteiger partial charge in [-0.2, -0.15) is 0 Å². The number of benzene rings is 2. The molecular weight excluding hydrogens is 488 g/mol. The molecule has 0 radical (unpaired) electrons. The van der Waals surface area contributed by atoms with Gasteiger partial charge in [0, 0.05) is 12.0 Å². The van der Waals surface area contributed by atoms with E-state index in [4.69, 9.17) is 10.2 Å². The predicted molar refractivity (Wildman–Crippen MR) is 146 cm³/mol. The number of carbonyl (C=O) groups excluding carboxylic acids is 2. The Hall–Kier alpha value is -3.94. The molecule has 0 fully saturated rings. The number of rotatable bonds is 13. The molecule has 0 heterocycles. The minimum atomic E-state index is -0.935. The SMILES string of the molecule is C=C(C)C(=O)O.CCCCCCCCCCCC(=O)O.O=C(OOC(=O)c1ccccc1)c1ccccc1. The molecule has 0 bridgehead atoms. The molecule has 0 spiro atoms. The molecule has 0 aromatic heterocycles. The summed E-state index contributed by atoms with van der Waals surface area (Å²) in [7, 11) is 0. The van der Waals surface area contributed by atoms with Crippen LogP contribution < -0.4 is 0 Å². The normalized spacial score (nSPS) is 9.53. The molecule has 0 saturated heterocycles. The fourth-order valence-electron chi connectivity index (χ4n) is 2.91. The molecule has 0 unspecified atom stereocenters. The lowest BCUT2D eigenvalue weighted by molar-refractivity contribution is -0.187. The van der Waals surface area contributed by atoms with Crippen LogP contribution in [0.2, 0.25) is 0 Å². The quantitative estimate of drug-likeness (QED) is 0.120. The second-order valence-corrected chi connectivity index (χ2v) is 8.53. The number of carbonyl (C=O) groups is 4.